The molecule has 1 saturated heterocycles. The van der Waals surface area contributed by atoms with Crippen molar-refractivity contribution in [2.75, 3.05) is 11.9 Å². The number of anilines is 1. The Morgan fingerprint density at radius 3 is 2.81 bits per heavy atom. The maximum Gasteiger partial charge on any atom is 0.323 e. The summed E-state index contributed by atoms with van der Waals surface area (Å²) in [6.45, 7) is 0.711. The predicted octanol–water partition coefficient (Wildman–Crippen LogP) is 1.89. The van der Waals surface area contributed by atoms with Crippen LogP contribution in [0.5, 0.6) is 5.75 Å². The molecule has 0 bridgehead atoms. The van der Waals surface area contributed by atoms with Crippen LogP contribution in [0.2, 0.25) is 0 Å². The number of carbonyl (C=O) groups excluding carboxylic acids is 1. The van der Waals surface area contributed by atoms with Crippen molar-refractivity contribution >= 4 is 11.8 Å². The van der Waals surface area contributed by atoms with Crippen LogP contribution in [-0.2, 0) is 7.05 Å². The largest absolute Gasteiger partial charge is 0.508 e. The van der Waals surface area contributed by atoms with E-state index in [9.17, 15) is 9.90 Å². The van der Waals surface area contributed by atoms with Gasteiger partial charge in [0, 0.05) is 13.6 Å². The highest BCUT2D eigenvalue weighted by Gasteiger charge is 2.30. The predicted molar refractivity (Wildman–Crippen MR) is 76.8 cm³/mol. The quantitative estimate of drug-likeness (QED) is 0.883. The molecule has 2 amide bonds. The lowest BCUT2D eigenvalue weighted by Crippen LogP contribution is -2.34. The van der Waals surface area contributed by atoms with E-state index in [1.165, 1.54) is 10.9 Å². The molecule has 1 aromatic carbocycles. The van der Waals surface area contributed by atoms with Crippen LogP contribution in [0.4, 0.5) is 10.6 Å². The monoisotopic (exact) mass is 287 g/mol. The maximum absolute atomic E-state index is 12.4. The van der Waals surface area contributed by atoms with Crippen LogP contribution in [0.3, 0.4) is 0 Å². The second-order valence-electron chi connectivity index (χ2n) is 5.12. The van der Waals surface area contributed by atoms with Gasteiger partial charge in [0.15, 0.2) is 5.82 Å². The zero-order chi connectivity index (χ0) is 14.8. The van der Waals surface area contributed by atoms with E-state index in [-0.39, 0.29) is 17.8 Å². The minimum absolute atomic E-state index is 0.0341. The molecule has 1 aliphatic heterocycles. The summed E-state index contributed by atoms with van der Waals surface area (Å²) in [5.74, 6) is 0.796. The molecule has 2 heterocycles. The van der Waals surface area contributed by atoms with Gasteiger partial charge in [0.1, 0.15) is 5.75 Å². The summed E-state index contributed by atoms with van der Waals surface area (Å²) in [6, 6.07) is 6.89. The molecule has 2 N–H and O–H groups in total. The third kappa shape index (κ3) is 2.67. The van der Waals surface area contributed by atoms with Crippen LogP contribution < -0.4 is 5.32 Å². The van der Waals surface area contributed by atoms with Crippen LogP contribution in [0.1, 0.15) is 24.4 Å². The number of phenols is 1. The van der Waals surface area contributed by atoms with Crippen molar-refractivity contribution < 1.29 is 9.90 Å². The fraction of sp³-hybridized carbons (Fsp3) is 0.357. The minimum Gasteiger partial charge on any atom is -0.508 e. The van der Waals surface area contributed by atoms with Gasteiger partial charge in [-0.05, 0) is 30.5 Å². The third-order valence-corrected chi connectivity index (χ3v) is 3.74. The molecular weight excluding hydrogens is 270 g/mol. The molecule has 7 heteroatoms. The second-order valence-corrected chi connectivity index (χ2v) is 5.12. The van der Waals surface area contributed by atoms with Gasteiger partial charge in [-0.1, -0.05) is 17.3 Å². The Morgan fingerprint density at radius 2 is 2.14 bits per heavy atom. The van der Waals surface area contributed by atoms with Crippen molar-refractivity contribution in [2.24, 2.45) is 7.05 Å². The van der Waals surface area contributed by atoms with E-state index in [0.717, 1.165) is 18.4 Å². The number of aromatic hydroxyl groups is 1. The zero-order valence-electron chi connectivity index (χ0n) is 11.7. The summed E-state index contributed by atoms with van der Waals surface area (Å²) >= 11 is 0. The zero-order valence-corrected chi connectivity index (χ0v) is 11.7. The van der Waals surface area contributed by atoms with E-state index in [0.29, 0.717) is 12.4 Å². The van der Waals surface area contributed by atoms with Gasteiger partial charge >= 0.3 is 6.03 Å². The van der Waals surface area contributed by atoms with Crippen molar-refractivity contribution in [1.82, 2.24) is 19.9 Å². The molecule has 0 aliphatic carbocycles. The molecule has 1 unspecified atom stereocenters. The highest BCUT2D eigenvalue weighted by molar-refractivity contribution is 5.88. The Morgan fingerprint density at radius 1 is 1.38 bits per heavy atom. The number of phenolic OH excluding ortho intramolecular Hbond substituents is 1. The van der Waals surface area contributed by atoms with Gasteiger partial charge in [-0.3, -0.25) is 5.32 Å². The van der Waals surface area contributed by atoms with E-state index < -0.39 is 0 Å². The van der Waals surface area contributed by atoms with Gasteiger partial charge < -0.3 is 10.0 Å². The van der Waals surface area contributed by atoms with Crippen molar-refractivity contribution in [3.8, 4) is 5.75 Å². The molecule has 1 atom stereocenters. The first-order chi connectivity index (χ1) is 10.1. The van der Waals surface area contributed by atoms with Crippen molar-refractivity contribution in [3.05, 3.63) is 36.0 Å². The van der Waals surface area contributed by atoms with Crippen LogP contribution in [0, 0.1) is 0 Å². The maximum atomic E-state index is 12.4. The Kier molecular flexibility index (Phi) is 3.47. The highest BCUT2D eigenvalue weighted by atomic mass is 16.3. The fourth-order valence-electron chi connectivity index (χ4n) is 2.64. The van der Waals surface area contributed by atoms with E-state index >= 15 is 0 Å². The molecule has 110 valence electrons. The molecule has 1 fully saturated rings. The van der Waals surface area contributed by atoms with Crippen molar-refractivity contribution in [2.45, 2.75) is 18.9 Å². The van der Waals surface area contributed by atoms with Crippen molar-refractivity contribution in [1.29, 1.82) is 0 Å². The topological polar surface area (TPSA) is 83.3 Å². The number of aromatic nitrogens is 3. The molecule has 3 rings (SSSR count). The third-order valence-electron chi connectivity index (χ3n) is 3.74. The molecule has 7 nitrogen and oxygen atoms in total. The second kappa shape index (κ2) is 5.43. The summed E-state index contributed by atoms with van der Waals surface area (Å²) in [5, 5.41) is 19.7. The fourth-order valence-corrected chi connectivity index (χ4v) is 2.64. The number of hydrogen-bond donors (Lipinski definition) is 2. The van der Waals surface area contributed by atoms with E-state index in [1.807, 2.05) is 12.1 Å². The Hall–Kier alpha value is -2.57. The lowest BCUT2D eigenvalue weighted by molar-refractivity contribution is 0.207. The number of urea groups is 1. The first-order valence-electron chi connectivity index (χ1n) is 6.86. The summed E-state index contributed by atoms with van der Waals surface area (Å²) in [4.78, 5) is 14.2. The van der Waals surface area contributed by atoms with E-state index in [2.05, 4.69) is 15.6 Å². The lowest BCUT2D eigenvalue weighted by atomic mass is 10.0. The first kappa shape index (κ1) is 13.4. The molecule has 0 saturated carbocycles. The number of carbonyl (C=O) groups is 1. The number of aryl methyl sites for hydroxylation is 1. The van der Waals surface area contributed by atoms with Crippen LogP contribution in [0.25, 0.3) is 0 Å². The first-order valence-corrected chi connectivity index (χ1v) is 6.86. The lowest BCUT2D eigenvalue weighted by Gasteiger charge is -2.25. The molecule has 1 aromatic heterocycles. The number of amides is 2. The highest BCUT2D eigenvalue weighted by Crippen LogP contribution is 2.32. The molecule has 2 aromatic rings. The molecule has 0 radical (unpaired) electrons. The van der Waals surface area contributed by atoms with Gasteiger partial charge in [-0.25, -0.2) is 9.48 Å². The van der Waals surface area contributed by atoms with Crippen LogP contribution >= 0.6 is 0 Å². The Balaban J connectivity index is 1.76. The molecule has 0 spiro atoms. The van der Waals surface area contributed by atoms with Gasteiger partial charge in [0.25, 0.3) is 0 Å². The number of nitrogens with zero attached hydrogens (tertiary/aromatic N) is 4. The normalized spacial score (nSPS) is 18.0. The summed E-state index contributed by atoms with van der Waals surface area (Å²) < 4.78 is 1.52. The average molecular weight is 287 g/mol. The van der Waals surface area contributed by atoms with Gasteiger partial charge in [0.05, 0.1) is 12.2 Å². The number of benzene rings is 1. The Bertz CT molecular complexity index is 637. The number of nitrogens with one attached hydrogen (secondary N) is 1. The summed E-state index contributed by atoms with van der Waals surface area (Å²) in [6.07, 6.45) is 3.40. The van der Waals surface area contributed by atoms with E-state index in [4.69, 9.17) is 0 Å². The number of hydrogen-bond acceptors (Lipinski definition) is 4. The van der Waals surface area contributed by atoms with Gasteiger partial charge in [-0.2, -0.15) is 0 Å². The van der Waals surface area contributed by atoms with E-state index in [1.54, 1.807) is 24.1 Å². The van der Waals surface area contributed by atoms with Crippen molar-refractivity contribution in [3.63, 3.8) is 0 Å². The molecule has 1 aliphatic rings. The van der Waals surface area contributed by atoms with Crippen LogP contribution in [0.15, 0.2) is 30.5 Å². The molecular formula is C14H17N5O2. The van der Waals surface area contributed by atoms with Gasteiger partial charge in [0.2, 0.25) is 0 Å². The SMILES string of the molecule is Cn1nncc1NC(=O)N1CCCC1c1ccc(O)cc1. The number of rotatable bonds is 2. The molecule has 21 heavy (non-hydrogen) atoms. The Labute approximate surface area is 122 Å². The van der Waals surface area contributed by atoms with Gasteiger partial charge in [-0.15, -0.1) is 5.10 Å². The summed E-state index contributed by atoms with van der Waals surface area (Å²) in [5.41, 5.74) is 1.03. The number of likely N-dealkylation sites (tertiary alicyclic amines) is 1. The standard InChI is InChI=1S/C14H17N5O2/c1-18-13(9-15-17-18)16-14(21)19-8-2-3-12(19)10-4-6-11(20)7-5-10/h4-7,9,12,20H,2-3,8H2,1H3,(H,16,21). The minimum atomic E-state index is -0.157. The summed E-state index contributed by atoms with van der Waals surface area (Å²) in [7, 11) is 1.73. The smallest absolute Gasteiger partial charge is 0.323 e. The van der Waals surface area contributed by atoms with Crippen LogP contribution in [-0.4, -0.2) is 37.6 Å². The average Bonchev–Trinajstić information content (AvgIpc) is 3.09.